The van der Waals surface area contributed by atoms with Gasteiger partial charge in [0.05, 0.1) is 5.41 Å². The molecule has 1 aliphatic rings. The lowest BCUT2D eigenvalue weighted by atomic mass is 9.71. The normalized spacial score (nSPS) is 17.9. The number of rotatable bonds is 4. The van der Waals surface area contributed by atoms with Crippen LogP contribution in [-0.2, 0) is 9.59 Å². The third-order valence-electron chi connectivity index (χ3n) is 3.54. The molecule has 19 heavy (non-hydrogen) atoms. The fraction of sp³-hybridized carbons (Fsp3) is 0.667. The topological polar surface area (TPSA) is 105 Å². The number of aryl methyl sites for hydroxylation is 1. The summed E-state index contributed by atoms with van der Waals surface area (Å²) in [6.07, 6.45) is 3.75. The average Bonchev–Trinajstić information content (AvgIpc) is 2.75. The van der Waals surface area contributed by atoms with E-state index in [1.54, 1.807) is 6.92 Å². The number of carbonyl (C=O) groups excluding carboxylic acids is 1. The number of nitrogens with zero attached hydrogens (tertiary/aromatic N) is 2. The Morgan fingerprint density at radius 1 is 1.37 bits per heavy atom. The van der Waals surface area contributed by atoms with Gasteiger partial charge in [-0.3, -0.25) is 14.9 Å². The van der Waals surface area contributed by atoms with Crippen LogP contribution >= 0.6 is 0 Å². The molecule has 0 aromatic carbocycles. The first-order valence-electron chi connectivity index (χ1n) is 6.35. The summed E-state index contributed by atoms with van der Waals surface area (Å²) in [4.78, 5) is 27.2. The van der Waals surface area contributed by atoms with E-state index in [0.29, 0.717) is 18.7 Å². The van der Waals surface area contributed by atoms with E-state index in [2.05, 4.69) is 15.5 Å². The molecule has 1 heterocycles. The van der Waals surface area contributed by atoms with Crippen molar-refractivity contribution < 1.29 is 19.2 Å². The molecule has 104 valence electrons. The van der Waals surface area contributed by atoms with Crippen LogP contribution in [0.4, 0.5) is 6.01 Å². The summed E-state index contributed by atoms with van der Waals surface area (Å²) in [5.74, 6) is -0.877. The minimum Gasteiger partial charge on any atom is -0.481 e. The number of aromatic nitrogens is 2. The Morgan fingerprint density at radius 2 is 2.05 bits per heavy atom. The molecule has 0 spiro atoms. The maximum absolute atomic E-state index is 11.9. The molecule has 7 nitrogen and oxygen atoms in total. The number of nitrogens with one attached hydrogen (secondary N) is 1. The van der Waals surface area contributed by atoms with Crippen LogP contribution in [-0.4, -0.2) is 27.1 Å². The summed E-state index contributed by atoms with van der Waals surface area (Å²) < 4.78 is 4.78. The highest BCUT2D eigenvalue weighted by molar-refractivity contribution is 5.92. The van der Waals surface area contributed by atoms with Crippen molar-refractivity contribution in [1.29, 1.82) is 0 Å². The molecule has 1 aromatic heterocycles. The van der Waals surface area contributed by atoms with Crippen LogP contribution in [0.15, 0.2) is 4.52 Å². The van der Waals surface area contributed by atoms with Crippen LogP contribution in [0, 0.1) is 12.3 Å². The van der Waals surface area contributed by atoms with Gasteiger partial charge in [-0.2, -0.15) is 4.98 Å². The van der Waals surface area contributed by atoms with Gasteiger partial charge in [0.2, 0.25) is 5.91 Å². The first-order valence-corrected chi connectivity index (χ1v) is 6.35. The van der Waals surface area contributed by atoms with E-state index in [9.17, 15) is 14.7 Å². The zero-order chi connectivity index (χ0) is 13.9. The predicted octanol–water partition coefficient (Wildman–Crippen LogP) is 1.74. The van der Waals surface area contributed by atoms with Crippen molar-refractivity contribution in [1.82, 2.24) is 10.1 Å². The molecule has 7 heteroatoms. The Bertz CT molecular complexity index is 477. The minimum absolute atomic E-state index is 0.0128. The SMILES string of the molecule is Cc1noc(NC(=O)CC2(C(=O)O)CCCCC2)n1. The van der Waals surface area contributed by atoms with E-state index in [-0.39, 0.29) is 12.4 Å². The molecule has 0 atom stereocenters. The summed E-state index contributed by atoms with van der Waals surface area (Å²) in [5.41, 5.74) is -0.947. The number of anilines is 1. The lowest BCUT2D eigenvalue weighted by Gasteiger charge is -2.32. The summed E-state index contributed by atoms with van der Waals surface area (Å²) >= 11 is 0. The molecule has 0 radical (unpaired) electrons. The van der Waals surface area contributed by atoms with Gasteiger partial charge in [-0.15, -0.1) is 0 Å². The number of carbonyl (C=O) groups is 2. The second-order valence-electron chi connectivity index (χ2n) is 5.02. The van der Waals surface area contributed by atoms with Gasteiger partial charge >= 0.3 is 12.0 Å². The molecule has 1 fully saturated rings. The molecule has 2 N–H and O–H groups in total. The second-order valence-corrected chi connectivity index (χ2v) is 5.02. The Balaban J connectivity index is 2.01. The smallest absolute Gasteiger partial charge is 0.328 e. The van der Waals surface area contributed by atoms with Gasteiger partial charge in [0.15, 0.2) is 5.82 Å². The van der Waals surface area contributed by atoms with Crippen molar-refractivity contribution in [2.24, 2.45) is 5.41 Å². The molecule has 0 aliphatic heterocycles. The van der Waals surface area contributed by atoms with Crippen molar-refractivity contribution in [3.8, 4) is 0 Å². The van der Waals surface area contributed by atoms with Crippen LogP contribution in [0.5, 0.6) is 0 Å². The van der Waals surface area contributed by atoms with Crippen LogP contribution in [0.25, 0.3) is 0 Å². The monoisotopic (exact) mass is 267 g/mol. The molecule has 1 saturated carbocycles. The Morgan fingerprint density at radius 3 is 2.58 bits per heavy atom. The molecule has 0 saturated heterocycles. The molecule has 1 aliphatic carbocycles. The number of aliphatic carboxylic acids is 1. The number of carboxylic acids is 1. The second kappa shape index (κ2) is 5.38. The highest BCUT2D eigenvalue weighted by Crippen LogP contribution is 2.39. The molecule has 2 rings (SSSR count). The first-order chi connectivity index (χ1) is 9.02. The predicted molar refractivity (Wildman–Crippen MR) is 65.4 cm³/mol. The quantitative estimate of drug-likeness (QED) is 0.860. The lowest BCUT2D eigenvalue weighted by Crippen LogP contribution is -2.37. The third-order valence-corrected chi connectivity index (χ3v) is 3.54. The number of hydrogen-bond acceptors (Lipinski definition) is 5. The standard InChI is InChI=1S/C12H17N3O4/c1-8-13-11(19-15-8)14-9(16)7-12(10(17)18)5-3-2-4-6-12/h2-7H2,1H3,(H,17,18)(H,13,14,15,16). The van der Waals surface area contributed by atoms with Gasteiger partial charge in [0.25, 0.3) is 0 Å². The number of amides is 1. The van der Waals surface area contributed by atoms with Gasteiger partial charge in [-0.25, -0.2) is 0 Å². The highest BCUT2D eigenvalue weighted by atomic mass is 16.5. The lowest BCUT2D eigenvalue weighted by molar-refractivity contribution is -0.153. The Kier molecular flexibility index (Phi) is 3.82. The van der Waals surface area contributed by atoms with Crippen molar-refractivity contribution in [2.45, 2.75) is 45.4 Å². The summed E-state index contributed by atoms with van der Waals surface area (Å²) in [6, 6.07) is 0.0128. The summed E-state index contributed by atoms with van der Waals surface area (Å²) in [6.45, 7) is 1.64. The molecular formula is C12H17N3O4. The van der Waals surface area contributed by atoms with E-state index in [4.69, 9.17) is 4.52 Å². The molecule has 1 aromatic rings. The molecule has 0 unspecified atom stereocenters. The van der Waals surface area contributed by atoms with E-state index in [0.717, 1.165) is 19.3 Å². The van der Waals surface area contributed by atoms with E-state index < -0.39 is 17.3 Å². The molecule has 0 bridgehead atoms. The minimum atomic E-state index is -0.947. The van der Waals surface area contributed by atoms with E-state index in [1.807, 2.05) is 0 Å². The highest BCUT2D eigenvalue weighted by Gasteiger charge is 2.41. The maximum Gasteiger partial charge on any atom is 0.328 e. The summed E-state index contributed by atoms with van der Waals surface area (Å²) in [5, 5.41) is 15.4. The van der Waals surface area contributed by atoms with Crippen molar-refractivity contribution >= 4 is 17.9 Å². The molecule has 1 amide bonds. The third kappa shape index (κ3) is 3.10. The maximum atomic E-state index is 11.9. The van der Waals surface area contributed by atoms with Gasteiger partial charge in [-0.1, -0.05) is 24.4 Å². The van der Waals surface area contributed by atoms with Gasteiger partial charge in [-0.05, 0) is 19.8 Å². The number of carboxylic acid groups (broad SMARTS) is 1. The van der Waals surface area contributed by atoms with E-state index >= 15 is 0 Å². The fourth-order valence-electron chi connectivity index (χ4n) is 2.51. The van der Waals surface area contributed by atoms with Crippen molar-refractivity contribution in [3.05, 3.63) is 5.82 Å². The van der Waals surface area contributed by atoms with Crippen LogP contribution in [0.1, 0.15) is 44.3 Å². The van der Waals surface area contributed by atoms with Gasteiger partial charge < -0.3 is 9.63 Å². The largest absolute Gasteiger partial charge is 0.481 e. The fourth-order valence-corrected chi connectivity index (χ4v) is 2.51. The van der Waals surface area contributed by atoms with Crippen LogP contribution in [0.3, 0.4) is 0 Å². The van der Waals surface area contributed by atoms with E-state index in [1.165, 1.54) is 0 Å². The Hall–Kier alpha value is -1.92. The van der Waals surface area contributed by atoms with Crippen molar-refractivity contribution in [2.75, 3.05) is 5.32 Å². The van der Waals surface area contributed by atoms with Gasteiger partial charge in [0, 0.05) is 6.42 Å². The Labute approximate surface area is 110 Å². The number of hydrogen-bond donors (Lipinski definition) is 2. The van der Waals surface area contributed by atoms with Crippen molar-refractivity contribution in [3.63, 3.8) is 0 Å². The molecular weight excluding hydrogens is 250 g/mol. The zero-order valence-electron chi connectivity index (χ0n) is 10.8. The van der Waals surface area contributed by atoms with Crippen LogP contribution < -0.4 is 5.32 Å². The average molecular weight is 267 g/mol. The van der Waals surface area contributed by atoms with Crippen LogP contribution in [0.2, 0.25) is 0 Å². The summed E-state index contributed by atoms with van der Waals surface area (Å²) in [7, 11) is 0. The zero-order valence-corrected chi connectivity index (χ0v) is 10.8. The first kappa shape index (κ1) is 13.5. The van der Waals surface area contributed by atoms with Gasteiger partial charge in [0.1, 0.15) is 0 Å².